The van der Waals surface area contributed by atoms with E-state index in [9.17, 15) is 8.42 Å². The summed E-state index contributed by atoms with van der Waals surface area (Å²) in [6.07, 6.45) is 2.26. The minimum Gasteiger partial charge on any atom is -0.489 e. The number of benzene rings is 1. The molecule has 3 nitrogen and oxygen atoms in total. The van der Waals surface area contributed by atoms with E-state index in [-0.39, 0.29) is 11.9 Å². The Balaban J connectivity index is 2.38. The van der Waals surface area contributed by atoms with Gasteiger partial charge in [0.2, 0.25) is 9.05 Å². The quantitative estimate of drug-likeness (QED) is 0.790. The van der Waals surface area contributed by atoms with E-state index < -0.39 is 9.05 Å². The molecule has 1 aliphatic carbocycles. The molecule has 6 heteroatoms. The molecule has 1 saturated carbocycles. The summed E-state index contributed by atoms with van der Waals surface area (Å²) in [7, 11) is 1.72. The van der Waals surface area contributed by atoms with Crippen LogP contribution in [0.4, 0.5) is 0 Å². The highest BCUT2D eigenvalue weighted by Gasteiger charge is 2.26. The van der Waals surface area contributed by atoms with E-state index in [0.29, 0.717) is 11.3 Å². The number of ether oxygens (including phenoxy) is 1. The first kappa shape index (κ1) is 13.2. The molecule has 1 fully saturated rings. The third-order valence-electron chi connectivity index (χ3n) is 2.40. The second kappa shape index (κ2) is 4.78. The Kier molecular flexibility index (Phi) is 3.71. The molecule has 0 atom stereocenters. The monoisotopic (exact) mass is 338 g/mol. The topological polar surface area (TPSA) is 43.4 Å². The van der Waals surface area contributed by atoms with Crippen LogP contribution in [0, 0.1) is 6.92 Å². The van der Waals surface area contributed by atoms with Gasteiger partial charge in [0, 0.05) is 16.2 Å². The van der Waals surface area contributed by atoms with Crippen molar-refractivity contribution < 1.29 is 13.2 Å². The van der Waals surface area contributed by atoms with Gasteiger partial charge in [-0.2, -0.15) is 0 Å². The first-order valence-corrected chi connectivity index (χ1v) is 8.50. The van der Waals surface area contributed by atoms with E-state index in [1.165, 1.54) is 0 Å². The Bertz CT molecular complexity index is 538. The SMILES string of the molecule is Cc1cc(Br)c(OC2CC2)c(CS(=O)(=O)Cl)c1. The highest BCUT2D eigenvalue weighted by Crippen LogP contribution is 2.37. The minimum absolute atomic E-state index is 0.211. The predicted octanol–water partition coefficient (Wildman–Crippen LogP) is 3.37. The maximum atomic E-state index is 11.2. The van der Waals surface area contributed by atoms with Crippen molar-refractivity contribution in [2.75, 3.05) is 0 Å². The molecule has 0 aromatic heterocycles. The largest absolute Gasteiger partial charge is 0.489 e. The van der Waals surface area contributed by atoms with Crippen LogP contribution in [0.2, 0.25) is 0 Å². The number of rotatable bonds is 4. The Morgan fingerprint density at radius 3 is 2.65 bits per heavy atom. The zero-order valence-corrected chi connectivity index (χ0v) is 12.4. The summed E-state index contributed by atoms with van der Waals surface area (Å²) in [5.74, 6) is 0.388. The van der Waals surface area contributed by atoms with Gasteiger partial charge < -0.3 is 4.74 Å². The van der Waals surface area contributed by atoms with Crippen molar-refractivity contribution >= 4 is 35.7 Å². The third kappa shape index (κ3) is 3.86. The molecule has 1 aromatic rings. The Morgan fingerprint density at radius 2 is 2.12 bits per heavy atom. The molecule has 0 saturated heterocycles. The third-order valence-corrected chi connectivity index (χ3v) is 3.97. The number of hydrogen-bond acceptors (Lipinski definition) is 3. The molecule has 1 aromatic carbocycles. The molecule has 1 aliphatic rings. The van der Waals surface area contributed by atoms with Crippen LogP contribution in [0.15, 0.2) is 16.6 Å². The zero-order valence-electron chi connectivity index (χ0n) is 9.24. The summed E-state index contributed by atoms with van der Waals surface area (Å²) in [5.41, 5.74) is 1.58. The lowest BCUT2D eigenvalue weighted by molar-refractivity contribution is 0.298. The van der Waals surface area contributed by atoms with Gasteiger partial charge in [-0.1, -0.05) is 6.07 Å². The molecule has 0 radical (unpaired) electrons. The molecule has 0 N–H and O–H groups in total. The van der Waals surface area contributed by atoms with Gasteiger partial charge in [-0.05, 0) is 47.3 Å². The van der Waals surface area contributed by atoms with Gasteiger partial charge in [0.25, 0.3) is 0 Å². The average Bonchev–Trinajstić information content (AvgIpc) is 2.91. The maximum Gasteiger partial charge on any atom is 0.236 e. The fourth-order valence-corrected chi connectivity index (χ4v) is 3.23. The fraction of sp³-hybridized carbons (Fsp3) is 0.455. The lowest BCUT2D eigenvalue weighted by Gasteiger charge is -2.13. The average molecular weight is 340 g/mol. The minimum atomic E-state index is -3.58. The molecule has 0 aliphatic heterocycles. The van der Waals surface area contributed by atoms with Crippen LogP contribution in [0.5, 0.6) is 5.75 Å². The highest BCUT2D eigenvalue weighted by molar-refractivity contribution is 9.10. The predicted molar refractivity (Wildman–Crippen MR) is 71.0 cm³/mol. The molecule has 0 heterocycles. The van der Waals surface area contributed by atoms with Crippen molar-refractivity contribution in [2.45, 2.75) is 31.6 Å². The summed E-state index contributed by atoms with van der Waals surface area (Å²) >= 11 is 3.40. The normalized spacial score (nSPS) is 15.9. The molecular formula is C11H12BrClO3S. The molecule has 0 spiro atoms. The van der Waals surface area contributed by atoms with Crippen LogP contribution in [0.3, 0.4) is 0 Å². The van der Waals surface area contributed by atoms with Crippen LogP contribution in [0.1, 0.15) is 24.0 Å². The lowest BCUT2D eigenvalue weighted by atomic mass is 10.1. The van der Waals surface area contributed by atoms with Crippen molar-refractivity contribution in [3.05, 3.63) is 27.7 Å². The van der Waals surface area contributed by atoms with Gasteiger partial charge in [-0.15, -0.1) is 0 Å². The second-order valence-corrected chi connectivity index (χ2v) is 7.87. The van der Waals surface area contributed by atoms with Gasteiger partial charge in [0.05, 0.1) is 16.3 Å². The summed E-state index contributed by atoms with van der Waals surface area (Å²) in [6, 6.07) is 3.70. The van der Waals surface area contributed by atoms with Crippen LogP contribution in [-0.4, -0.2) is 14.5 Å². The Hall–Kier alpha value is -0.260. The van der Waals surface area contributed by atoms with Gasteiger partial charge in [-0.25, -0.2) is 8.42 Å². The van der Waals surface area contributed by atoms with Crippen molar-refractivity contribution in [3.8, 4) is 5.75 Å². The second-order valence-electron chi connectivity index (χ2n) is 4.24. The van der Waals surface area contributed by atoms with E-state index in [1.807, 2.05) is 13.0 Å². The van der Waals surface area contributed by atoms with Crippen LogP contribution in [-0.2, 0) is 14.8 Å². The van der Waals surface area contributed by atoms with E-state index in [0.717, 1.165) is 22.9 Å². The van der Waals surface area contributed by atoms with Gasteiger partial charge in [0.1, 0.15) is 5.75 Å². The summed E-state index contributed by atoms with van der Waals surface area (Å²) in [5, 5.41) is 0. The van der Waals surface area contributed by atoms with Crippen LogP contribution < -0.4 is 4.74 Å². The van der Waals surface area contributed by atoms with Crippen molar-refractivity contribution in [3.63, 3.8) is 0 Å². The number of halogens is 2. The van der Waals surface area contributed by atoms with Gasteiger partial charge in [0.15, 0.2) is 0 Å². The summed E-state index contributed by atoms with van der Waals surface area (Å²) in [6.45, 7) is 1.90. The van der Waals surface area contributed by atoms with E-state index >= 15 is 0 Å². The molecule has 17 heavy (non-hydrogen) atoms. The van der Waals surface area contributed by atoms with Crippen molar-refractivity contribution in [2.24, 2.45) is 0 Å². The Labute approximate surface area is 114 Å². The maximum absolute atomic E-state index is 11.2. The van der Waals surface area contributed by atoms with E-state index in [4.69, 9.17) is 15.4 Å². The van der Waals surface area contributed by atoms with Gasteiger partial charge in [-0.3, -0.25) is 0 Å². The van der Waals surface area contributed by atoms with Crippen LogP contribution in [0.25, 0.3) is 0 Å². The van der Waals surface area contributed by atoms with E-state index in [1.54, 1.807) is 6.07 Å². The standard InChI is InChI=1S/C11H12BrClO3S/c1-7-4-8(6-17(13,14)15)11(10(12)5-7)16-9-2-3-9/h4-5,9H,2-3,6H2,1H3. The summed E-state index contributed by atoms with van der Waals surface area (Å²) in [4.78, 5) is 0. The number of hydrogen-bond donors (Lipinski definition) is 0. The fourth-order valence-electron chi connectivity index (χ4n) is 1.58. The molecular weight excluding hydrogens is 328 g/mol. The first-order valence-electron chi connectivity index (χ1n) is 5.23. The molecule has 94 valence electrons. The van der Waals surface area contributed by atoms with E-state index in [2.05, 4.69) is 15.9 Å². The van der Waals surface area contributed by atoms with Crippen molar-refractivity contribution in [1.82, 2.24) is 0 Å². The molecule has 2 rings (SSSR count). The highest BCUT2D eigenvalue weighted by atomic mass is 79.9. The lowest BCUT2D eigenvalue weighted by Crippen LogP contribution is -2.04. The molecule has 0 bridgehead atoms. The van der Waals surface area contributed by atoms with Gasteiger partial charge >= 0.3 is 0 Å². The molecule has 0 unspecified atom stereocenters. The number of aryl methyl sites for hydroxylation is 1. The molecule has 0 amide bonds. The smallest absolute Gasteiger partial charge is 0.236 e. The zero-order chi connectivity index (χ0) is 12.6. The van der Waals surface area contributed by atoms with Crippen molar-refractivity contribution in [1.29, 1.82) is 0 Å². The van der Waals surface area contributed by atoms with Crippen LogP contribution >= 0.6 is 26.6 Å². The summed E-state index contributed by atoms with van der Waals surface area (Å²) < 4.78 is 28.8. The first-order chi connectivity index (χ1) is 7.85. The Morgan fingerprint density at radius 1 is 1.47 bits per heavy atom.